The predicted molar refractivity (Wildman–Crippen MR) is 208 cm³/mol. The number of ketones is 2. The first kappa shape index (κ1) is 34.6. The Kier molecular flexibility index (Phi) is 10.2. The van der Waals surface area contributed by atoms with Crippen molar-refractivity contribution in [1.82, 2.24) is 5.32 Å². The maximum atomic E-state index is 13.7. The van der Waals surface area contributed by atoms with Crippen LogP contribution in [0.1, 0.15) is 47.8 Å². The second-order valence-corrected chi connectivity index (χ2v) is 13.2. The molecule has 258 valence electrons. The number of hydrogen-bond donors (Lipinski definition) is 3. The molecule has 53 heavy (non-hydrogen) atoms. The van der Waals surface area contributed by atoms with E-state index in [1.807, 2.05) is 54.6 Å². The Morgan fingerprint density at radius 3 is 1.94 bits per heavy atom. The second kappa shape index (κ2) is 15.6. The Balaban J connectivity index is 1.04. The van der Waals surface area contributed by atoms with Gasteiger partial charge in [0.25, 0.3) is 11.8 Å². The molecule has 0 unspecified atom stereocenters. The number of benzene rings is 6. The van der Waals surface area contributed by atoms with Gasteiger partial charge in [0.15, 0.2) is 11.6 Å². The summed E-state index contributed by atoms with van der Waals surface area (Å²) in [4.78, 5) is 67.1. The molecule has 6 aromatic carbocycles. The van der Waals surface area contributed by atoms with Crippen LogP contribution >= 0.6 is 11.8 Å². The summed E-state index contributed by atoms with van der Waals surface area (Å²) >= 11 is 1.24. The zero-order valence-corrected chi connectivity index (χ0v) is 29.0. The van der Waals surface area contributed by atoms with Gasteiger partial charge in [-0.05, 0) is 59.2 Å². The fourth-order valence-electron chi connectivity index (χ4n) is 5.96. The summed E-state index contributed by atoms with van der Waals surface area (Å²) in [6, 6.07) is 44.7. The zero-order valence-electron chi connectivity index (χ0n) is 28.2. The van der Waals surface area contributed by atoms with Crippen LogP contribution in [0.15, 0.2) is 162 Å². The molecule has 0 saturated carbocycles. The van der Waals surface area contributed by atoms with Crippen molar-refractivity contribution in [2.24, 2.45) is 0 Å². The highest BCUT2D eigenvalue weighted by Gasteiger charge is 2.31. The summed E-state index contributed by atoms with van der Waals surface area (Å²) in [7, 11) is 0. The molecule has 6 aromatic rings. The molecule has 3 amide bonds. The van der Waals surface area contributed by atoms with Gasteiger partial charge in [0.05, 0.1) is 17.0 Å². The molecular weight excluding hydrogens is 683 g/mol. The second-order valence-electron chi connectivity index (χ2n) is 12.1. The topological polar surface area (TPSA) is 121 Å². The number of amides is 3. The summed E-state index contributed by atoms with van der Waals surface area (Å²) in [5.74, 6) is -1.92. The van der Waals surface area contributed by atoms with Crippen LogP contribution in [-0.4, -0.2) is 35.0 Å². The smallest absolute Gasteiger partial charge is 0.272 e. The molecule has 0 bridgehead atoms. The van der Waals surface area contributed by atoms with Crippen molar-refractivity contribution in [3.63, 3.8) is 0 Å². The molecule has 0 saturated heterocycles. The Bertz CT molecular complexity index is 2410. The van der Waals surface area contributed by atoms with Crippen LogP contribution in [0, 0.1) is 0 Å². The Hall–Kier alpha value is -6.84. The average Bonchev–Trinajstić information content (AvgIpc) is 3.20. The van der Waals surface area contributed by atoms with Crippen LogP contribution in [0.25, 0.3) is 17.2 Å². The molecule has 0 atom stereocenters. The molecule has 0 aromatic heterocycles. The predicted octanol–water partition coefficient (Wildman–Crippen LogP) is 8.27. The number of carbonyl (C=O) groups excluding carboxylic acids is 5. The molecule has 8 nitrogen and oxygen atoms in total. The largest absolute Gasteiger partial charge is 0.325 e. The van der Waals surface area contributed by atoms with Crippen LogP contribution in [0.4, 0.5) is 11.4 Å². The zero-order chi connectivity index (χ0) is 36.7. The van der Waals surface area contributed by atoms with E-state index in [2.05, 4.69) is 16.0 Å². The number of thioether (sulfide) groups is 1. The number of hydrogen-bond acceptors (Lipinski definition) is 6. The van der Waals surface area contributed by atoms with Crippen LogP contribution in [0.3, 0.4) is 0 Å². The van der Waals surface area contributed by atoms with E-state index in [0.717, 1.165) is 11.1 Å². The molecule has 3 N–H and O–H groups in total. The van der Waals surface area contributed by atoms with Crippen molar-refractivity contribution in [3.05, 3.63) is 191 Å². The van der Waals surface area contributed by atoms with Gasteiger partial charge >= 0.3 is 0 Å². The van der Waals surface area contributed by atoms with Gasteiger partial charge < -0.3 is 16.0 Å². The fraction of sp³-hybridized carbons (Fsp3) is 0.0227. The minimum absolute atomic E-state index is 0.00292. The van der Waals surface area contributed by atoms with Gasteiger partial charge in [-0.3, -0.25) is 24.0 Å². The first-order valence-electron chi connectivity index (χ1n) is 16.7. The SMILES string of the molecule is O=C(CSc1cccc(NC(=O)/C(=C\c2ccc(-c3ccccc3)cc2)NC(=O)c2ccccc2)c1)Nc1cccc2c1C(=O)c1ccccc1C2=O. The normalized spacial score (nSPS) is 12.0. The van der Waals surface area contributed by atoms with Gasteiger partial charge in [-0.15, -0.1) is 11.8 Å². The van der Waals surface area contributed by atoms with Crippen molar-refractivity contribution < 1.29 is 24.0 Å². The first-order valence-corrected chi connectivity index (χ1v) is 17.7. The van der Waals surface area contributed by atoms with E-state index in [1.165, 1.54) is 11.8 Å². The molecule has 7 rings (SSSR count). The molecule has 0 aliphatic heterocycles. The lowest BCUT2D eigenvalue weighted by molar-refractivity contribution is -0.114. The molecule has 1 aliphatic rings. The molecule has 0 spiro atoms. The van der Waals surface area contributed by atoms with E-state index in [4.69, 9.17) is 0 Å². The van der Waals surface area contributed by atoms with Crippen molar-refractivity contribution in [1.29, 1.82) is 0 Å². The van der Waals surface area contributed by atoms with E-state index in [0.29, 0.717) is 32.8 Å². The van der Waals surface area contributed by atoms with Gasteiger partial charge in [-0.1, -0.05) is 115 Å². The minimum Gasteiger partial charge on any atom is -0.325 e. The fourth-order valence-corrected chi connectivity index (χ4v) is 6.71. The average molecular weight is 714 g/mol. The van der Waals surface area contributed by atoms with E-state index in [-0.39, 0.29) is 45.7 Å². The van der Waals surface area contributed by atoms with Crippen molar-refractivity contribution in [3.8, 4) is 11.1 Å². The quantitative estimate of drug-likeness (QED) is 0.0970. The van der Waals surface area contributed by atoms with Gasteiger partial charge in [0, 0.05) is 32.8 Å². The van der Waals surface area contributed by atoms with Crippen molar-refractivity contribution in [2.45, 2.75) is 4.90 Å². The van der Waals surface area contributed by atoms with Crippen LogP contribution in [0.5, 0.6) is 0 Å². The number of carbonyl (C=O) groups is 5. The van der Waals surface area contributed by atoms with E-state index in [9.17, 15) is 24.0 Å². The maximum Gasteiger partial charge on any atom is 0.272 e. The van der Waals surface area contributed by atoms with Crippen molar-refractivity contribution in [2.75, 3.05) is 16.4 Å². The maximum absolute atomic E-state index is 13.7. The minimum atomic E-state index is -0.532. The standard InChI is InChI=1S/C44H31N3O5S/c48-39(46-37-20-10-19-36-40(37)42(50)35-18-8-7-17-34(35)41(36)49)27-53-33-16-9-15-32(26-33)45-44(52)38(47-43(51)31-13-5-2-6-14-31)25-28-21-23-30(24-22-28)29-11-3-1-4-12-29/h1-26H,27H2,(H,45,52)(H,46,48)(H,47,51)/b38-25+. The Morgan fingerprint density at radius 2 is 1.21 bits per heavy atom. The molecular formula is C44H31N3O5S. The van der Waals surface area contributed by atoms with Gasteiger partial charge in [0.1, 0.15) is 5.70 Å². The lowest BCUT2D eigenvalue weighted by Crippen LogP contribution is -2.30. The third-order valence-corrected chi connectivity index (χ3v) is 9.54. The van der Waals surface area contributed by atoms with E-state index in [1.54, 1.807) is 103 Å². The third kappa shape index (κ3) is 7.90. The monoisotopic (exact) mass is 713 g/mol. The van der Waals surface area contributed by atoms with E-state index < -0.39 is 11.8 Å². The number of rotatable bonds is 10. The Labute approximate surface area is 310 Å². The van der Waals surface area contributed by atoms with Crippen LogP contribution < -0.4 is 16.0 Å². The van der Waals surface area contributed by atoms with Gasteiger partial charge in [0.2, 0.25) is 5.91 Å². The lowest BCUT2D eigenvalue weighted by atomic mass is 9.83. The number of anilines is 2. The summed E-state index contributed by atoms with van der Waals surface area (Å²) < 4.78 is 0. The highest BCUT2D eigenvalue weighted by Crippen LogP contribution is 2.32. The molecule has 0 radical (unpaired) electrons. The molecule has 0 fully saturated rings. The lowest BCUT2D eigenvalue weighted by Gasteiger charge is -2.20. The third-order valence-electron chi connectivity index (χ3n) is 8.55. The highest BCUT2D eigenvalue weighted by molar-refractivity contribution is 8.00. The van der Waals surface area contributed by atoms with Gasteiger partial charge in [-0.25, -0.2) is 0 Å². The molecule has 1 aliphatic carbocycles. The molecule has 9 heteroatoms. The van der Waals surface area contributed by atoms with Crippen molar-refractivity contribution >= 4 is 58.5 Å². The number of fused-ring (bicyclic) bond motifs is 2. The highest BCUT2D eigenvalue weighted by atomic mass is 32.2. The summed E-state index contributed by atoms with van der Waals surface area (Å²) in [5, 5.41) is 8.44. The summed E-state index contributed by atoms with van der Waals surface area (Å²) in [6.07, 6.45) is 1.62. The molecule has 0 heterocycles. The summed E-state index contributed by atoms with van der Waals surface area (Å²) in [5.41, 5.74) is 5.04. The van der Waals surface area contributed by atoms with Crippen LogP contribution in [-0.2, 0) is 9.59 Å². The Morgan fingerprint density at radius 1 is 0.585 bits per heavy atom. The number of nitrogens with one attached hydrogen (secondary N) is 3. The summed E-state index contributed by atoms with van der Waals surface area (Å²) in [6.45, 7) is 0. The van der Waals surface area contributed by atoms with Gasteiger partial charge in [-0.2, -0.15) is 0 Å². The van der Waals surface area contributed by atoms with Crippen LogP contribution in [0.2, 0.25) is 0 Å². The van der Waals surface area contributed by atoms with E-state index >= 15 is 0 Å². The first-order chi connectivity index (χ1) is 25.8.